The van der Waals surface area contributed by atoms with Crippen molar-refractivity contribution in [1.29, 1.82) is 0 Å². The van der Waals surface area contributed by atoms with E-state index in [1.165, 1.54) is 22.3 Å². The summed E-state index contributed by atoms with van der Waals surface area (Å²) in [5, 5.41) is 0. The second-order valence-electron chi connectivity index (χ2n) is 7.37. The van der Waals surface area contributed by atoms with Crippen LogP contribution in [0.5, 0.6) is 5.75 Å². The molecule has 3 nitrogen and oxygen atoms in total. The Bertz CT molecular complexity index is 739. The number of likely N-dealkylation sites (N-methyl/N-ethyl adjacent to an activating group) is 1. The van der Waals surface area contributed by atoms with Crippen molar-refractivity contribution in [2.75, 3.05) is 46.4 Å². The molecule has 1 aliphatic rings. The number of halogens is 1. The smallest absolute Gasteiger partial charge is 0.125 e. The average molecular weight is 417 g/mol. The van der Waals surface area contributed by atoms with Crippen LogP contribution in [0.4, 0.5) is 0 Å². The third kappa shape index (κ3) is 5.32. The third-order valence-electron chi connectivity index (χ3n) is 5.03. The van der Waals surface area contributed by atoms with Gasteiger partial charge in [0.15, 0.2) is 0 Å². The molecule has 2 aromatic rings. The fourth-order valence-electron chi connectivity index (χ4n) is 3.60. The van der Waals surface area contributed by atoms with E-state index in [4.69, 9.17) is 4.74 Å². The van der Waals surface area contributed by atoms with Crippen LogP contribution in [0.25, 0.3) is 0 Å². The predicted octanol–water partition coefficient (Wildman–Crippen LogP) is 4.28. The zero-order chi connectivity index (χ0) is 18.5. The molecule has 0 saturated carbocycles. The molecule has 4 heteroatoms. The highest BCUT2D eigenvalue weighted by Gasteiger charge is 2.15. The van der Waals surface area contributed by atoms with Gasteiger partial charge in [-0.05, 0) is 49.7 Å². The summed E-state index contributed by atoms with van der Waals surface area (Å²) in [6.45, 7) is 10.6. The monoisotopic (exact) mass is 416 g/mol. The molecule has 0 bridgehead atoms. The molecule has 2 aromatic carbocycles. The van der Waals surface area contributed by atoms with Crippen LogP contribution >= 0.6 is 15.9 Å². The number of hydrogen-bond acceptors (Lipinski definition) is 3. The van der Waals surface area contributed by atoms with Crippen molar-refractivity contribution in [1.82, 2.24) is 9.80 Å². The van der Waals surface area contributed by atoms with Gasteiger partial charge in [0.05, 0.1) is 0 Å². The standard InChI is InChI=1S/C22H29BrN2O/c1-17-13-18(2)22(26-12-11-25-9-7-24(3)8-10-25)20(14-17)15-19-5-4-6-21(23)16-19/h4-6,13-14,16H,7-12,15H2,1-3H3. The third-order valence-corrected chi connectivity index (χ3v) is 5.52. The first kappa shape index (κ1) is 19.4. The van der Waals surface area contributed by atoms with E-state index in [2.05, 4.69) is 83.0 Å². The summed E-state index contributed by atoms with van der Waals surface area (Å²) in [6, 6.07) is 13.0. The quantitative estimate of drug-likeness (QED) is 0.698. The van der Waals surface area contributed by atoms with Crippen molar-refractivity contribution >= 4 is 15.9 Å². The minimum absolute atomic E-state index is 0.749. The van der Waals surface area contributed by atoms with Crippen molar-refractivity contribution in [3.63, 3.8) is 0 Å². The van der Waals surface area contributed by atoms with E-state index in [9.17, 15) is 0 Å². The van der Waals surface area contributed by atoms with Gasteiger partial charge in [0.1, 0.15) is 12.4 Å². The molecule has 0 radical (unpaired) electrons. The summed E-state index contributed by atoms with van der Waals surface area (Å²) in [5.74, 6) is 1.06. The first-order chi connectivity index (χ1) is 12.5. The zero-order valence-corrected chi connectivity index (χ0v) is 17.7. The van der Waals surface area contributed by atoms with Crippen molar-refractivity contribution in [3.05, 3.63) is 63.1 Å². The van der Waals surface area contributed by atoms with Gasteiger partial charge in [0, 0.05) is 43.6 Å². The van der Waals surface area contributed by atoms with E-state index in [0.717, 1.165) is 56.0 Å². The number of aryl methyl sites for hydroxylation is 2. The Morgan fingerprint density at radius 3 is 2.54 bits per heavy atom. The van der Waals surface area contributed by atoms with E-state index >= 15 is 0 Å². The van der Waals surface area contributed by atoms with E-state index in [0.29, 0.717) is 0 Å². The lowest BCUT2D eigenvalue weighted by Crippen LogP contribution is -2.45. The normalized spacial score (nSPS) is 16.0. The largest absolute Gasteiger partial charge is 0.492 e. The summed E-state index contributed by atoms with van der Waals surface area (Å²) in [5.41, 5.74) is 5.10. The molecule has 1 aliphatic heterocycles. The van der Waals surface area contributed by atoms with Crippen LogP contribution in [0.1, 0.15) is 22.3 Å². The van der Waals surface area contributed by atoms with Crippen LogP contribution < -0.4 is 4.74 Å². The Hall–Kier alpha value is -1.36. The predicted molar refractivity (Wildman–Crippen MR) is 112 cm³/mol. The molecule has 0 amide bonds. The van der Waals surface area contributed by atoms with Gasteiger partial charge < -0.3 is 9.64 Å². The summed E-state index contributed by atoms with van der Waals surface area (Å²) in [6.07, 6.45) is 0.895. The SMILES string of the molecule is Cc1cc(C)c(OCCN2CCN(C)CC2)c(Cc2cccc(Br)c2)c1. The molecule has 0 aliphatic carbocycles. The molecule has 26 heavy (non-hydrogen) atoms. The number of piperazine rings is 1. The Balaban J connectivity index is 1.67. The Kier molecular flexibility index (Phi) is 6.74. The number of ether oxygens (including phenoxy) is 1. The van der Waals surface area contributed by atoms with Crippen molar-refractivity contribution in [2.24, 2.45) is 0 Å². The fourth-order valence-corrected chi connectivity index (χ4v) is 4.04. The maximum atomic E-state index is 6.29. The number of benzene rings is 2. The first-order valence-electron chi connectivity index (χ1n) is 9.39. The van der Waals surface area contributed by atoms with Crippen LogP contribution in [0.15, 0.2) is 40.9 Å². The topological polar surface area (TPSA) is 15.7 Å². The Morgan fingerprint density at radius 2 is 1.81 bits per heavy atom. The van der Waals surface area contributed by atoms with Gasteiger partial charge in [-0.1, -0.05) is 45.8 Å². The highest BCUT2D eigenvalue weighted by Crippen LogP contribution is 2.28. The maximum absolute atomic E-state index is 6.29. The fraction of sp³-hybridized carbons (Fsp3) is 0.455. The van der Waals surface area contributed by atoms with Gasteiger partial charge in [0.2, 0.25) is 0 Å². The van der Waals surface area contributed by atoms with Crippen molar-refractivity contribution in [2.45, 2.75) is 20.3 Å². The molecule has 0 atom stereocenters. The van der Waals surface area contributed by atoms with E-state index < -0.39 is 0 Å². The van der Waals surface area contributed by atoms with Crippen LogP contribution in [0.3, 0.4) is 0 Å². The number of nitrogens with zero attached hydrogens (tertiary/aromatic N) is 2. The lowest BCUT2D eigenvalue weighted by Gasteiger charge is -2.32. The summed E-state index contributed by atoms with van der Waals surface area (Å²) < 4.78 is 7.41. The summed E-state index contributed by atoms with van der Waals surface area (Å²) in [4.78, 5) is 4.88. The highest BCUT2D eigenvalue weighted by molar-refractivity contribution is 9.10. The number of rotatable bonds is 6. The minimum Gasteiger partial charge on any atom is -0.492 e. The van der Waals surface area contributed by atoms with E-state index in [1.807, 2.05) is 0 Å². The van der Waals surface area contributed by atoms with Gasteiger partial charge >= 0.3 is 0 Å². The second kappa shape index (κ2) is 9.03. The molecule has 1 fully saturated rings. The average Bonchev–Trinajstić information content (AvgIpc) is 2.59. The van der Waals surface area contributed by atoms with E-state index in [1.54, 1.807) is 0 Å². The summed E-state index contributed by atoms with van der Waals surface area (Å²) >= 11 is 3.57. The molecule has 140 valence electrons. The van der Waals surface area contributed by atoms with Crippen LogP contribution in [-0.2, 0) is 6.42 Å². The molecular formula is C22H29BrN2O. The lowest BCUT2D eigenvalue weighted by molar-refractivity contribution is 0.133. The zero-order valence-electron chi connectivity index (χ0n) is 16.1. The molecule has 0 spiro atoms. The molecule has 1 saturated heterocycles. The van der Waals surface area contributed by atoms with Gasteiger partial charge in [-0.3, -0.25) is 4.90 Å². The molecule has 3 rings (SSSR count). The van der Waals surface area contributed by atoms with Crippen LogP contribution in [0.2, 0.25) is 0 Å². The summed E-state index contributed by atoms with van der Waals surface area (Å²) in [7, 11) is 2.19. The maximum Gasteiger partial charge on any atom is 0.125 e. The Morgan fingerprint density at radius 1 is 1.04 bits per heavy atom. The second-order valence-corrected chi connectivity index (χ2v) is 8.29. The van der Waals surface area contributed by atoms with Crippen molar-refractivity contribution in [3.8, 4) is 5.75 Å². The van der Waals surface area contributed by atoms with Gasteiger partial charge in [-0.15, -0.1) is 0 Å². The minimum atomic E-state index is 0.749. The number of hydrogen-bond donors (Lipinski definition) is 0. The molecule has 0 aromatic heterocycles. The lowest BCUT2D eigenvalue weighted by atomic mass is 9.99. The molecule has 0 N–H and O–H groups in total. The first-order valence-corrected chi connectivity index (χ1v) is 10.2. The van der Waals surface area contributed by atoms with Crippen LogP contribution in [-0.4, -0.2) is 56.2 Å². The van der Waals surface area contributed by atoms with Crippen LogP contribution in [0, 0.1) is 13.8 Å². The highest BCUT2D eigenvalue weighted by atomic mass is 79.9. The van der Waals surface area contributed by atoms with Gasteiger partial charge in [0.25, 0.3) is 0 Å². The van der Waals surface area contributed by atoms with E-state index in [-0.39, 0.29) is 0 Å². The Labute approximate surface area is 166 Å². The molecular weight excluding hydrogens is 388 g/mol. The molecule has 1 heterocycles. The van der Waals surface area contributed by atoms with Gasteiger partial charge in [-0.25, -0.2) is 0 Å². The molecule has 0 unspecified atom stereocenters. The van der Waals surface area contributed by atoms with Gasteiger partial charge in [-0.2, -0.15) is 0 Å². The van der Waals surface area contributed by atoms with Crippen molar-refractivity contribution < 1.29 is 4.74 Å².